The van der Waals surface area contributed by atoms with E-state index in [1.807, 2.05) is 7.05 Å². The number of hydrogen-bond donors (Lipinski definition) is 2. The fourth-order valence-corrected chi connectivity index (χ4v) is 2.23. The number of carbonyl (C=O) groups is 1. The third-order valence-corrected chi connectivity index (χ3v) is 3.33. The van der Waals surface area contributed by atoms with Crippen LogP contribution in [-0.2, 0) is 4.79 Å². The Morgan fingerprint density at radius 3 is 2.68 bits per heavy atom. The third-order valence-electron chi connectivity index (χ3n) is 2.71. The Morgan fingerprint density at radius 2 is 2.05 bits per heavy atom. The van der Waals surface area contributed by atoms with Crippen LogP contribution in [-0.4, -0.2) is 19.5 Å². The predicted octanol–water partition coefficient (Wildman–Crippen LogP) is 3.31. The van der Waals surface area contributed by atoms with Crippen molar-refractivity contribution in [2.24, 2.45) is 0 Å². The predicted molar refractivity (Wildman–Crippen MR) is 76.1 cm³/mol. The normalized spacial score (nSPS) is 12.3. The minimum absolute atomic E-state index is 0.0266. The van der Waals surface area contributed by atoms with Crippen LogP contribution in [0.5, 0.6) is 0 Å². The molecule has 0 saturated heterocycles. The summed E-state index contributed by atoms with van der Waals surface area (Å²) in [6, 6.07) is 2.24. The average Bonchev–Trinajstić information content (AvgIpc) is 2.34. The van der Waals surface area contributed by atoms with E-state index in [0.29, 0.717) is 17.0 Å². The van der Waals surface area contributed by atoms with Crippen molar-refractivity contribution in [3.8, 4) is 0 Å². The molecule has 0 aromatic heterocycles. The Kier molecular flexibility index (Phi) is 6.55. The second kappa shape index (κ2) is 7.68. The van der Waals surface area contributed by atoms with Crippen molar-refractivity contribution in [1.29, 1.82) is 0 Å². The summed E-state index contributed by atoms with van der Waals surface area (Å²) in [4.78, 5) is 11.7. The molecule has 0 heterocycles. The number of nitrogens with one attached hydrogen (secondary N) is 2. The number of halogens is 3. The van der Waals surface area contributed by atoms with Gasteiger partial charge >= 0.3 is 0 Å². The molecule has 0 bridgehead atoms. The van der Waals surface area contributed by atoms with Gasteiger partial charge in [-0.15, -0.1) is 0 Å². The van der Waals surface area contributed by atoms with E-state index in [9.17, 15) is 9.18 Å². The van der Waals surface area contributed by atoms with Gasteiger partial charge in [-0.25, -0.2) is 4.39 Å². The first-order valence-electron chi connectivity index (χ1n) is 6.04. The molecule has 0 aliphatic carbocycles. The van der Waals surface area contributed by atoms with E-state index in [0.717, 1.165) is 13.0 Å². The van der Waals surface area contributed by atoms with Crippen molar-refractivity contribution in [1.82, 2.24) is 10.6 Å². The minimum Gasteiger partial charge on any atom is -0.350 e. The molecule has 0 saturated carbocycles. The van der Waals surface area contributed by atoms with Gasteiger partial charge in [-0.05, 0) is 44.6 Å². The Bertz CT molecular complexity index is 455. The summed E-state index contributed by atoms with van der Waals surface area (Å²) >= 11 is 11.6. The van der Waals surface area contributed by atoms with Gasteiger partial charge in [0.15, 0.2) is 0 Å². The lowest BCUT2D eigenvalue weighted by Crippen LogP contribution is -2.27. The van der Waals surface area contributed by atoms with Crippen molar-refractivity contribution in [2.45, 2.75) is 25.8 Å². The summed E-state index contributed by atoms with van der Waals surface area (Å²) in [5.41, 5.74) is 0.519. The molecule has 19 heavy (non-hydrogen) atoms. The first-order chi connectivity index (χ1) is 8.95. The molecule has 0 fully saturated rings. The highest BCUT2D eigenvalue weighted by Crippen LogP contribution is 2.28. The van der Waals surface area contributed by atoms with Gasteiger partial charge in [0.1, 0.15) is 5.82 Å². The zero-order chi connectivity index (χ0) is 14.4. The highest BCUT2D eigenvalue weighted by molar-refractivity contribution is 6.35. The van der Waals surface area contributed by atoms with Crippen molar-refractivity contribution in [2.75, 3.05) is 13.6 Å². The summed E-state index contributed by atoms with van der Waals surface area (Å²) in [5.74, 6) is -0.633. The van der Waals surface area contributed by atoms with E-state index in [4.69, 9.17) is 23.2 Å². The number of amides is 1. The zero-order valence-corrected chi connectivity index (χ0v) is 12.4. The van der Waals surface area contributed by atoms with Gasteiger partial charge in [0.25, 0.3) is 0 Å². The van der Waals surface area contributed by atoms with Gasteiger partial charge in [-0.3, -0.25) is 4.79 Å². The molecule has 106 valence electrons. The number of hydrogen-bond acceptors (Lipinski definition) is 2. The van der Waals surface area contributed by atoms with E-state index in [2.05, 4.69) is 10.6 Å². The lowest BCUT2D eigenvalue weighted by atomic mass is 10.1. The highest BCUT2D eigenvalue weighted by Gasteiger charge is 2.15. The number of carbonyl (C=O) groups excluding carboxylic acids is 1. The summed E-state index contributed by atoms with van der Waals surface area (Å²) in [6.07, 6.45) is 1.16. The molecule has 0 aliphatic rings. The van der Waals surface area contributed by atoms with Crippen LogP contribution in [0.4, 0.5) is 4.39 Å². The molecule has 0 aliphatic heterocycles. The van der Waals surface area contributed by atoms with E-state index < -0.39 is 5.82 Å². The van der Waals surface area contributed by atoms with Gasteiger partial charge in [-0.2, -0.15) is 0 Å². The molecule has 1 amide bonds. The first-order valence-corrected chi connectivity index (χ1v) is 6.79. The van der Waals surface area contributed by atoms with Crippen molar-refractivity contribution in [3.63, 3.8) is 0 Å². The third kappa shape index (κ3) is 4.97. The molecular formula is C13H17Cl2FN2O. The molecule has 0 radical (unpaired) electrons. The molecule has 1 unspecified atom stereocenters. The van der Waals surface area contributed by atoms with Crippen LogP contribution in [0.25, 0.3) is 0 Å². The van der Waals surface area contributed by atoms with Gasteiger partial charge in [0.2, 0.25) is 5.91 Å². The first kappa shape index (κ1) is 16.2. The molecule has 3 nitrogen and oxygen atoms in total. The second-order valence-corrected chi connectivity index (χ2v) is 5.10. The molecule has 0 spiro atoms. The maximum absolute atomic E-state index is 13.4. The fourth-order valence-electron chi connectivity index (χ4n) is 1.69. The SMILES string of the molecule is CNCCCC(=O)NC(C)c1cc(F)c(Cl)cc1Cl. The van der Waals surface area contributed by atoms with Crippen LogP contribution in [0.1, 0.15) is 31.4 Å². The second-order valence-electron chi connectivity index (χ2n) is 4.28. The Morgan fingerprint density at radius 1 is 1.37 bits per heavy atom. The van der Waals surface area contributed by atoms with Gasteiger partial charge in [0.05, 0.1) is 11.1 Å². The Balaban J connectivity index is 2.65. The van der Waals surface area contributed by atoms with Crippen molar-refractivity contribution >= 4 is 29.1 Å². The smallest absolute Gasteiger partial charge is 0.220 e. The fraction of sp³-hybridized carbons (Fsp3) is 0.462. The van der Waals surface area contributed by atoms with Crippen LogP contribution in [0.15, 0.2) is 12.1 Å². The summed E-state index contributed by atoms with van der Waals surface area (Å²) in [7, 11) is 1.83. The lowest BCUT2D eigenvalue weighted by molar-refractivity contribution is -0.121. The van der Waals surface area contributed by atoms with E-state index in [1.165, 1.54) is 12.1 Å². The van der Waals surface area contributed by atoms with Crippen molar-refractivity contribution in [3.05, 3.63) is 33.6 Å². The average molecular weight is 307 g/mol. The maximum atomic E-state index is 13.4. The van der Waals surface area contributed by atoms with E-state index in [1.54, 1.807) is 6.92 Å². The van der Waals surface area contributed by atoms with Crippen LogP contribution in [0.2, 0.25) is 10.0 Å². The molecular weight excluding hydrogens is 290 g/mol. The van der Waals surface area contributed by atoms with Crippen LogP contribution < -0.4 is 10.6 Å². The highest BCUT2D eigenvalue weighted by atomic mass is 35.5. The van der Waals surface area contributed by atoms with E-state index in [-0.39, 0.29) is 17.0 Å². The molecule has 6 heteroatoms. The lowest BCUT2D eigenvalue weighted by Gasteiger charge is -2.16. The largest absolute Gasteiger partial charge is 0.350 e. The Labute approximate surface area is 122 Å². The molecule has 1 aromatic carbocycles. The summed E-state index contributed by atoms with van der Waals surface area (Å²) in [5, 5.41) is 6.06. The monoisotopic (exact) mass is 306 g/mol. The van der Waals surface area contributed by atoms with Crippen LogP contribution in [0, 0.1) is 5.82 Å². The van der Waals surface area contributed by atoms with Crippen LogP contribution >= 0.6 is 23.2 Å². The summed E-state index contributed by atoms with van der Waals surface area (Å²) in [6.45, 7) is 2.53. The van der Waals surface area contributed by atoms with Gasteiger partial charge < -0.3 is 10.6 Å². The van der Waals surface area contributed by atoms with E-state index >= 15 is 0 Å². The molecule has 1 atom stereocenters. The number of rotatable bonds is 6. The molecule has 2 N–H and O–H groups in total. The minimum atomic E-state index is -0.544. The Hall–Kier alpha value is -0.840. The van der Waals surface area contributed by atoms with Gasteiger partial charge in [-0.1, -0.05) is 23.2 Å². The van der Waals surface area contributed by atoms with Gasteiger partial charge in [0, 0.05) is 11.4 Å². The molecule has 1 rings (SSSR count). The standard InChI is InChI=1S/C13H17Cl2FN2O/c1-8(18-13(19)4-3-5-17-2)9-6-12(16)11(15)7-10(9)14/h6-8,17H,3-5H2,1-2H3,(H,18,19). The number of benzene rings is 1. The topological polar surface area (TPSA) is 41.1 Å². The van der Waals surface area contributed by atoms with Crippen molar-refractivity contribution < 1.29 is 9.18 Å². The maximum Gasteiger partial charge on any atom is 0.220 e. The zero-order valence-electron chi connectivity index (χ0n) is 10.9. The molecule has 1 aromatic rings. The summed E-state index contributed by atoms with van der Waals surface area (Å²) < 4.78 is 13.4. The quantitative estimate of drug-likeness (QED) is 0.625. The van der Waals surface area contributed by atoms with Crippen LogP contribution in [0.3, 0.4) is 0 Å².